The molecule has 0 aliphatic carbocycles. The van der Waals surface area contributed by atoms with Crippen LogP contribution < -0.4 is 19.7 Å². The zero-order chi connectivity index (χ0) is 26.7. The molecular weight excluding hydrogens is 687 g/mol. The third-order valence-electron chi connectivity index (χ3n) is 5.00. The highest BCUT2D eigenvalue weighted by molar-refractivity contribution is 9.10. The molecule has 3 aromatic rings. The van der Waals surface area contributed by atoms with Crippen molar-refractivity contribution in [3.05, 3.63) is 84.1 Å². The SMILES string of the molecule is COc1cc(/C=C2/SC(=S)N(c3ccc(Br)c(Cl)c3)C2=O)ccc1OCC(=O)Nc1ccc(Br)c(Cl)c1. The molecule has 1 heterocycles. The first-order chi connectivity index (χ1) is 17.7. The average molecular weight is 703 g/mol. The third kappa shape index (κ3) is 6.68. The van der Waals surface area contributed by atoms with Gasteiger partial charge in [0, 0.05) is 14.6 Å². The molecule has 1 N–H and O–H groups in total. The molecule has 0 bridgehead atoms. The summed E-state index contributed by atoms with van der Waals surface area (Å²) in [6.07, 6.45) is 1.72. The number of thioether (sulfide) groups is 1. The Morgan fingerprint density at radius 1 is 1.05 bits per heavy atom. The number of benzene rings is 3. The van der Waals surface area contributed by atoms with Gasteiger partial charge in [0.05, 0.1) is 27.7 Å². The standard InChI is InChI=1S/C25H16Br2Cl2N2O4S2/c1-34-21-8-13(2-7-20(21)35-12-23(32)30-14-3-5-16(26)18(28)10-14)9-22-24(33)31(25(36)37-22)15-4-6-17(27)19(29)11-15/h2-11H,12H2,1H3,(H,30,32)/b22-9+. The monoisotopic (exact) mass is 700 g/mol. The zero-order valence-corrected chi connectivity index (χ0v) is 25.2. The number of carbonyl (C=O) groups is 2. The van der Waals surface area contributed by atoms with Crippen LogP contribution in [0.2, 0.25) is 10.0 Å². The van der Waals surface area contributed by atoms with Gasteiger partial charge in [-0.2, -0.15) is 0 Å². The number of rotatable bonds is 7. The highest BCUT2D eigenvalue weighted by Gasteiger charge is 2.33. The Kier molecular flexibility index (Phi) is 9.20. The van der Waals surface area contributed by atoms with Crippen LogP contribution in [0.3, 0.4) is 0 Å². The van der Waals surface area contributed by atoms with Gasteiger partial charge in [-0.3, -0.25) is 14.5 Å². The van der Waals surface area contributed by atoms with Gasteiger partial charge in [0.15, 0.2) is 22.4 Å². The lowest BCUT2D eigenvalue weighted by Crippen LogP contribution is -2.27. The van der Waals surface area contributed by atoms with Crippen molar-refractivity contribution in [3.63, 3.8) is 0 Å². The summed E-state index contributed by atoms with van der Waals surface area (Å²) in [6.45, 7) is -0.238. The Labute approximate surface area is 249 Å². The minimum absolute atomic E-state index is 0.238. The fourth-order valence-electron chi connectivity index (χ4n) is 3.27. The van der Waals surface area contributed by atoms with Crippen molar-refractivity contribution in [1.29, 1.82) is 0 Å². The molecule has 1 aliphatic heterocycles. The number of carbonyl (C=O) groups excluding carboxylic acids is 2. The molecule has 0 spiro atoms. The van der Waals surface area contributed by atoms with Crippen molar-refractivity contribution < 1.29 is 19.1 Å². The van der Waals surface area contributed by atoms with E-state index in [-0.39, 0.29) is 18.4 Å². The molecular formula is C25H16Br2Cl2N2O4S2. The summed E-state index contributed by atoms with van der Waals surface area (Å²) < 4.78 is 13.0. The van der Waals surface area contributed by atoms with Crippen molar-refractivity contribution in [2.24, 2.45) is 0 Å². The number of nitrogens with zero attached hydrogens (tertiary/aromatic N) is 1. The minimum atomic E-state index is -0.360. The Morgan fingerprint density at radius 3 is 2.43 bits per heavy atom. The van der Waals surface area contributed by atoms with Gasteiger partial charge in [-0.15, -0.1) is 0 Å². The summed E-state index contributed by atoms with van der Waals surface area (Å²) >= 11 is 25.5. The van der Waals surface area contributed by atoms with Crippen molar-refractivity contribution in [3.8, 4) is 11.5 Å². The first-order valence-electron chi connectivity index (χ1n) is 10.4. The lowest BCUT2D eigenvalue weighted by atomic mass is 10.2. The van der Waals surface area contributed by atoms with Gasteiger partial charge >= 0.3 is 0 Å². The molecule has 0 radical (unpaired) electrons. The van der Waals surface area contributed by atoms with Crippen LogP contribution in [0.1, 0.15) is 5.56 Å². The van der Waals surface area contributed by atoms with Crippen LogP contribution in [0.25, 0.3) is 6.08 Å². The molecule has 3 aromatic carbocycles. The van der Waals surface area contributed by atoms with E-state index < -0.39 is 0 Å². The average Bonchev–Trinajstić information content (AvgIpc) is 3.14. The van der Waals surface area contributed by atoms with Crippen LogP contribution >= 0.6 is 79.0 Å². The maximum Gasteiger partial charge on any atom is 0.270 e. The summed E-state index contributed by atoms with van der Waals surface area (Å²) in [7, 11) is 1.49. The summed E-state index contributed by atoms with van der Waals surface area (Å²) in [5, 5.41) is 3.68. The number of methoxy groups -OCH3 is 1. The van der Waals surface area contributed by atoms with Crippen molar-refractivity contribution in [2.75, 3.05) is 23.9 Å². The Balaban J connectivity index is 1.45. The van der Waals surface area contributed by atoms with Crippen molar-refractivity contribution in [1.82, 2.24) is 0 Å². The first kappa shape index (κ1) is 27.9. The van der Waals surface area contributed by atoms with Crippen LogP contribution in [-0.2, 0) is 9.59 Å². The lowest BCUT2D eigenvalue weighted by molar-refractivity contribution is -0.118. The number of hydrogen-bond donors (Lipinski definition) is 1. The lowest BCUT2D eigenvalue weighted by Gasteiger charge is -2.15. The van der Waals surface area contributed by atoms with Crippen molar-refractivity contribution in [2.45, 2.75) is 0 Å². The van der Waals surface area contributed by atoms with E-state index in [1.165, 1.54) is 23.8 Å². The summed E-state index contributed by atoms with van der Waals surface area (Å²) in [5.41, 5.74) is 1.84. The van der Waals surface area contributed by atoms with E-state index in [1.807, 2.05) is 0 Å². The smallest absolute Gasteiger partial charge is 0.270 e. The number of thiocarbonyl (C=S) groups is 1. The van der Waals surface area contributed by atoms with Gasteiger partial charge in [-0.05, 0) is 92.0 Å². The molecule has 0 atom stereocenters. The van der Waals surface area contributed by atoms with Gasteiger partial charge in [-0.25, -0.2) is 0 Å². The second-order valence-electron chi connectivity index (χ2n) is 7.49. The van der Waals surface area contributed by atoms with E-state index in [1.54, 1.807) is 60.7 Å². The highest BCUT2D eigenvalue weighted by atomic mass is 79.9. The molecule has 12 heteroatoms. The number of amides is 2. The van der Waals surface area contributed by atoms with Gasteiger partial charge in [-0.1, -0.05) is 53.2 Å². The maximum atomic E-state index is 13.1. The maximum absolute atomic E-state index is 13.1. The van der Waals surface area contributed by atoms with Crippen LogP contribution in [0.4, 0.5) is 11.4 Å². The van der Waals surface area contributed by atoms with E-state index in [2.05, 4.69) is 37.2 Å². The van der Waals surface area contributed by atoms with Gasteiger partial charge in [0.25, 0.3) is 11.8 Å². The second kappa shape index (κ2) is 12.2. The summed E-state index contributed by atoms with van der Waals surface area (Å²) in [6, 6.07) is 15.4. The second-order valence-corrected chi connectivity index (χ2v) is 11.7. The normalized spacial score (nSPS) is 14.3. The van der Waals surface area contributed by atoms with Gasteiger partial charge < -0.3 is 14.8 Å². The number of ether oxygens (including phenoxy) is 2. The fraction of sp³-hybridized carbons (Fsp3) is 0.0800. The van der Waals surface area contributed by atoms with E-state index in [0.717, 1.165) is 8.95 Å². The fourth-order valence-corrected chi connectivity index (χ4v) is 5.42. The van der Waals surface area contributed by atoms with Crippen LogP contribution in [-0.4, -0.2) is 29.9 Å². The molecule has 1 saturated heterocycles. The summed E-state index contributed by atoms with van der Waals surface area (Å²) in [4.78, 5) is 27.3. The number of halogens is 4. The largest absolute Gasteiger partial charge is 0.493 e. The quantitative estimate of drug-likeness (QED) is 0.199. The number of hydrogen-bond acceptors (Lipinski definition) is 6. The van der Waals surface area contributed by atoms with Gasteiger partial charge in [0.2, 0.25) is 0 Å². The minimum Gasteiger partial charge on any atom is -0.493 e. The van der Waals surface area contributed by atoms with Crippen LogP contribution in [0, 0.1) is 0 Å². The summed E-state index contributed by atoms with van der Waals surface area (Å²) in [5.74, 6) is 0.169. The van der Waals surface area contributed by atoms with Gasteiger partial charge in [0.1, 0.15) is 0 Å². The number of nitrogens with one attached hydrogen (secondary N) is 1. The topological polar surface area (TPSA) is 67.9 Å². The third-order valence-corrected chi connectivity index (χ3v) is 8.77. The highest BCUT2D eigenvalue weighted by Crippen LogP contribution is 2.39. The van der Waals surface area contributed by atoms with E-state index in [4.69, 9.17) is 44.9 Å². The molecule has 37 heavy (non-hydrogen) atoms. The van der Waals surface area contributed by atoms with E-state index in [0.29, 0.717) is 47.7 Å². The van der Waals surface area contributed by atoms with E-state index >= 15 is 0 Å². The molecule has 2 amide bonds. The molecule has 4 rings (SSSR count). The zero-order valence-electron chi connectivity index (χ0n) is 18.9. The Morgan fingerprint density at radius 2 is 1.76 bits per heavy atom. The van der Waals surface area contributed by atoms with Crippen LogP contribution in [0.15, 0.2) is 68.4 Å². The van der Waals surface area contributed by atoms with E-state index in [9.17, 15) is 9.59 Å². The molecule has 0 unspecified atom stereocenters. The predicted octanol–water partition coefficient (Wildman–Crippen LogP) is 7.95. The van der Waals surface area contributed by atoms with Crippen molar-refractivity contribution >= 4 is 113 Å². The Bertz CT molecular complexity index is 1450. The van der Waals surface area contributed by atoms with Crippen LogP contribution in [0.5, 0.6) is 11.5 Å². The molecule has 190 valence electrons. The number of anilines is 2. The molecule has 6 nitrogen and oxygen atoms in total. The Hall–Kier alpha value is -2.08. The molecule has 1 fully saturated rings. The molecule has 0 aromatic heterocycles. The molecule has 1 aliphatic rings. The predicted molar refractivity (Wildman–Crippen MR) is 161 cm³/mol. The first-order valence-corrected chi connectivity index (χ1v) is 14.0. The molecule has 0 saturated carbocycles.